The molecular formula is C11H21N. The SMILES string of the molecule is CC(C)CNC(C1CC1)C1CC1. The van der Waals surface area contributed by atoms with E-state index in [0.717, 1.165) is 23.8 Å². The fourth-order valence-electron chi connectivity index (χ4n) is 2.00. The van der Waals surface area contributed by atoms with Crippen LogP contribution in [0.15, 0.2) is 0 Å². The van der Waals surface area contributed by atoms with Gasteiger partial charge in [-0.25, -0.2) is 0 Å². The monoisotopic (exact) mass is 167 g/mol. The van der Waals surface area contributed by atoms with Gasteiger partial charge >= 0.3 is 0 Å². The second-order valence-corrected chi connectivity index (χ2v) is 5.00. The minimum Gasteiger partial charge on any atom is -0.313 e. The van der Waals surface area contributed by atoms with Gasteiger partial charge in [-0.15, -0.1) is 0 Å². The zero-order valence-corrected chi connectivity index (χ0v) is 8.34. The van der Waals surface area contributed by atoms with Gasteiger partial charge in [0.1, 0.15) is 0 Å². The van der Waals surface area contributed by atoms with E-state index < -0.39 is 0 Å². The lowest BCUT2D eigenvalue weighted by atomic mass is 10.1. The van der Waals surface area contributed by atoms with Crippen LogP contribution in [0.1, 0.15) is 39.5 Å². The largest absolute Gasteiger partial charge is 0.313 e. The minimum atomic E-state index is 0.810. The summed E-state index contributed by atoms with van der Waals surface area (Å²) < 4.78 is 0. The van der Waals surface area contributed by atoms with E-state index >= 15 is 0 Å². The van der Waals surface area contributed by atoms with Crippen molar-refractivity contribution in [1.82, 2.24) is 5.32 Å². The van der Waals surface area contributed by atoms with Crippen molar-refractivity contribution >= 4 is 0 Å². The number of hydrogen-bond donors (Lipinski definition) is 1. The first-order chi connectivity index (χ1) is 5.77. The molecule has 0 radical (unpaired) electrons. The maximum Gasteiger partial charge on any atom is 0.0124 e. The van der Waals surface area contributed by atoms with Gasteiger partial charge in [0.25, 0.3) is 0 Å². The summed E-state index contributed by atoms with van der Waals surface area (Å²) >= 11 is 0. The summed E-state index contributed by atoms with van der Waals surface area (Å²) in [5, 5.41) is 3.74. The molecule has 0 aromatic rings. The second-order valence-electron chi connectivity index (χ2n) is 5.00. The number of rotatable bonds is 5. The van der Waals surface area contributed by atoms with Gasteiger partial charge in [0.15, 0.2) is 0 Å². The van der Waals surface area contributed by atoms with E-state index in [1.807, 2.05) is 0 Å². The molecule has 0 saturated heterocycles. The maximum absolute atomic E-state index is 3.74. The Kier molecular flexibility index (Phi) is 2.40. The van der Waals surface area contributed by atoms with E-state index in [2.05, 4.69) is 19.2 Å². The van der Waals surface area contributed by atoms with E-state index in [9.17, 15) is 0 Å². The van der Waals surface area contributed by atoms with Crippen LogP contribution >= 0.6 is 0 Å². The summed E-state index contributed by atoms with van der Waals surface area (Å²) in [6, 6.07) is 0.896. The minimum absolute atomic E-state index is 0.810. The van der Waals surface area contributed by atoms with Gasteiger partial charge in [-0.2, -0.15) is 0 Å². The fourth-order valence-corrected chi connectivity index (χ4v) is 2.00. The molecule has 0 heterocycles. The van der Waals surface area contributed by atoms with Gasteiger partial charge in [-0.05, 0) is 50.0 Å². The van der Waals surface area contributed by atoms with E-state index in [1.54, 1.807) is 0 Å². The Morgan fingerprint density at radius 3 is 1.92 bits per heavy atom. The summed E-state index contributed by atoms with van der Waals surface area (Å²) in [5.74, 6) is 2.91. The second kappa shape index (κ2) is 3.37. The first-order valence-electron chi connectivity index (χ1n) is 5.50. The third-order valence-corrected chi connectivity index (χ3v) is 3.02. The van der Waals surface area contributed by atoms with Crippen molar-refractivity contribution in [3.63, 3.8) is 0 Å². The molecule has 70 valence electrons. The van der Waals surface area contributed by atoms with Crippen molar-refractivity contribution in [3.8, 4) is 0 Å². The Morgan fingerprint density at radius 1 is 1.08 bits per heavy atom. The molecule has 1 heteroatoms. The quantitative estimate of drug-likeness (QED) is 0.663. The lowest BCUT2D eigenvalue weighted by Gasteiger charge is -2.18. The van der Waals surface area contributed by atoms with Gasteiger partial charge in [0, 0.05) is 6.04 Å². The summed E-state index contributed by atoms with van der Waals surface area (Å²) in [6.45, 7) is 5.81. The topological polar surface area (TPSA) is 12.0 Å². The van der Waals surface area contributed by atoms with Crippen LogP contribution in [0.5, 0.6) is 0 Å². The standard InChI is InChI=1S/C11H21N/c1-8(2)7-12-11(9-3-4-9)10-5-6-10/h8-12H,3-7H2,1-2H3. The predicted octanol–water partition coefficient (Wildman–Crippen LogP) is 2.42. The summed E-state index contributed by atoms with van der Waals surface area (Å²) in [4.78, 5) is 0. The van der Waals surface area contributed by atoms with Crippen LogP contribution in [0.25, 0.3) is 0 Å². The molecule has 2 rings (SSSR count). The van der Waals surface area contributed by atoms with Crippen LogP contribution in [-0.2, 0) is 0 Å². The van der Waals surface area contributed by atoms with Crippen LogP contribution in [0.4, 0.5) is 0 Å². The van der Waals surface area contributed by atoms with E-state index in [-0.39, 0.29) is 0 Å². The third kappa shape index (κ3) is 2.22. The molecule has 0 bridgehead atoms. The Morgan fingerprint density at radius 2 is 1.58 bits per heavy atom. The molecule has 2 saturated carbocycles. The predicted molar refractivity (Wildman–Crippen MR) is 52.1 cm³/mol. The summed E-state index contributed by atoms with van der Waals surface area (Å²) in [6.07, 6.45) is 5.97. The Balaban J connectivity index is 1.73. The highest BCUT2D eigenvalue weighted by atomic mass is 14.9. The Hall–Kier alpha value is -0.0400. The van der Waals surface area contributed by atoms with Crippen LogP contribution in [-0.4, -0.2) is 12.6 Å². The number of hydrogen-bond acceptors (Lipinski definition) is 1. The highest BCUT2D eigenvalue weighted by Crippen LogP contribution is 2.44. The van der Waals surface area contributed by atoms with Gasteiger partial charge in [-0.1, -0.05) is 13.8 Å². The highest BCUT2D eigenvalue weighted by molar-refractivity contribution is 4.96. The van der Waals surface area contributed by atoms with Crippen molar-refractivity contribution in [1.29, 1.82) is 0 Å². The zero-order chi connectivity index (χ0) is 8.55. The Labute approximate surface area is 75.9 Å². The molecule has 2 fully saturated rings. The molecule has 0 unspecified atom stereocenters. The van der Waals surface area contributed by atoms with E-state index in [1.165, 1.54) is 32.2 Å². The van der Waals surface area contributed by atoms with Crippen molar-refractivity contribution in [2.24, 2.45) is 17.8 Å². The zero-order valence-electron chi connectivity index (χ0n) is 8.34. The molecule has 0 amide bonds. The molecule has 0 aliphatic heterocycles. The highest BCUT2D eigenvalue weighted by Gasteiger charge is 2.40. The maximum atomic E-state index is 3.74. The first kappa shape index (κ1) is 8.55. The molecule has 2 aliphatic carbocycles. The average Bonchev–Trinajstić information content (AvgIpc) is 2.83. The smallest absolute Gasteiger partial charge is 0.0124 e. The molecule has 0 aromatic heterocycles. The lowest BCUT2D eigenvalue weighted by Crippen LogP contribution is -2.35. The van der Waals surface area contributed by atoms with Gasteiger partial charge in [0.2, 0.25) is 0 Å². The van der Waals surface area contributed by atoms with Crippen LogP contribution in [0.2, 0.25) is 0 Å². The normalized spacial score (nSPS) is 24.0. The molecule has 1 nitrogen and oxygen atoms in total. The van der Waals surface area contributed by atoms with Crippen molar-refractivity contribution in [2.75, 3.05) is 6.54 Å². The van der Waals surface area contributed by atoms with Crippen molar-refractivity contribution < 1.29 is 0 Å². The molecule has 0 atom stereocenters. The molecule has 0 aromatic carbocycles. The van der Waals surface area contributed by atoms with Gasteiger partial charge in [-0.3, -0.25) is 0 Å². The Bertz CT molecular complexity index is 133. The van der Waals surface area contributed by atoms with Crippen LogP contribution in [0, 0.1) is 17.8 Å². The molecular weight excluding hydrogens is 146 g/mol. The third-order valence-electron chi connectivity index (χ3n) is 3.02. The fraction of sp³-hybridized carbons (Fsp3) is 1.00. The van der Waals surface area contributed by atoms with Crippen LogP contribution in [0.3, 0.4) is 0 Å². The van der Waals surface area contributed by atoms with Crippen LogP contribution < -0.4 is 5.32 Å². The average molecular weight is 167 g/mol. The van der Waals surface area contributed by atoms with Gasteiger partial charge < -0.3 is 5.32 Å². The number of nitrogens with one attached hydrogen (secondary N) is 1. The lowest BCUT2D eigenvalue weighted by molar-refractivity contribution is 0.391. The molecule has 1 N–H and O–H groups in total. The molecule has 0 spiro atoms. The van der Waals surface area contributed by atoms with E-state index in [0.29, 0.717) is 0 Å². The van der Waals surface area contributed by atoms with Crippen molar-refractivity contribution in [3.05, 3.63) is 0 Å². The summed E-state index contributed by atoms with van der Waals surface area (Å²) in [7, 11) is 0. The summed E-state index contributed by atoms with van der Waals surface area (Å²) in [5.41, 5.74) is 0. The first-order valence-corrected chi connectivity index (χ1v) is 5.50. The molecule has 12 heavy (non-hydrogen) atoms. The van der Waals surface area contributed by atoms with E-state index in [4.69, 9.17) is 0 Å². The molecule has 2 aliphatic rings. The van der Waals surface area contributed by atoms with Gasteiger partial charge in [0.05, 0.1) is 0 Å². The van der Waals surface area contributed by atoms with Crippen molar-refractivity contribution in [2.45, 2.75) is 45.6 Å².